The van der Waals surface area contributed by atoms with Crippen LogP contribution in [0.15, 0.2) is 65.8 Å². The maximum Gasteiger partial charge on any atom is 0.321 e. The first kappa shape index (κ1) is 12.9. The summed E-state index contributed by atoms with van der Waals surface area (Å²) in [5.74, 6) is -2.25. The Labute approximate surface area is 120 Å². The highest BCUT2D eigenvalue weighted by Crippen LogP contribution is 2.19. The second-order valence-corrected chi connectivity index (χ2v) is 4.43. The molecule has 0 aliphatic carbocycles. The Morgan fingerprint density at radius 3 is 2.05 bits per heavy atom. The van der Waals surface area contributed by atoms with Gasteiger partial charge < -0.3 is 0 Å². The van der Waals surface area contributed by atoms with Gasteiger partial charge >= 0.3 is 5.91 Å². The maximum absolute atomic E-state index is 12.2. The number of ketones is 2. The van der Waals surface area contributed by atoms with Crippen molar-refractivity contribution in [3.63, 3.8) is 0 Å². The van der Waals surface area contributed by atoms with Crippen molar-refractivity contribution in [2.24, 2.45) is 5.10 Å². The minimum Gasteiger partial charge on any atom is -0.287 e. The van der Waals surface area contributed by atoms with Crippen LogP contribution in [-0.2, 0) is 9.59 Å². The number of Topliss-reactive ketones (excluding diaryl/α,β-unsaturated/α-hetero) is 2. The van der Waals surface area contributed by atoms with Gasteiger partial charge in [-0.05, 0) is 12.1 Å². The number of carbonyl (C=O) groups is 3. The molecule has 5 nitrogen and oxygen atoms in total. The molecule has 5 heteroatoms. The van der Waals surface area contributed by atoms with E-state index in [2.05, 4.69) is 5.10 Å². The van der Waals surface area contributed by atoms with E-state index in [-0.39, 0.29) is 5.71 Å². The molecule has 0 N–H and O–H groups in total. The van der Waals surface area contributed by atoms with Crippen molar-refractivity contribution in [1.82, 2.24) is 0 Å². The van der Waals surface area contributed by atoms with E-state index in [9.17, 15) is 14.4 Å². The Morgan fingerprint density at radius 2 is 1.43 bits per heavy atom. The van der Waals surface area contributed by atoms with E-state index >= 15 is 0 Å². The standard InChI is InChI=1S/C16H10N2O3/c19-14(11-7-3-1-4-8-11)13-15(20)16(21)18(17-13)12-9-5-2-6-10-12/h1-10H. The van der Waals surface area contributed by atoms with Gasteiger partial charge in [0.2, 0.25) is 5.78 Å². The summed E-state index contributed by atoms with van der Waals surface area (Å²) in [7, 11) is 0. The van der Waals surface area contributed by atoms with Crippen molar-refractivity contribution < 1.29 is 14.4 Å². The van der Waals surface area contributed by atoms with Crippen molar-refractivity contribution in [3.8, 4) is 0 Å². The summed E-state index contributed by atoms with van der Waals surface area (Å²) in [6.07, 6.45) is 0. The third kappa shape index (κ3) is 2.25. The molecule has 0 aromatic heterocycles. The first-order valence-corrected chi connectivity index (χ1v) is 6.30. The highest BCUT2D eigenvalue weighted by molar-refractivity contribution is 6.84. The van der Waals surface area contributed by atoms with Crippen LogP contribution in [0.1, 0.15) is 10.4 Å². The Bertz CT molecular complexity index is 752. The summed E-state index contributed by atoms with van der Waals surface area (Å²) in [5.41, 5.74) is 0.425. The lowest BCUT2D eigenvalue weighted by Gasteiger charge is -2.09. The average Bonchev–Trinajstić information content (AvgIpc) is 2.84. The van der Waals surface area contributed by atoms with Crippen molar-refractivity contribution in [2.45, 2.75) is 0 Å². The highest BCUT2D eigenvalue weighted by atomic mass is 16.2. The number of nitrogens with zero attached hydrogens (tertiary/aromatic N) is 2. The Kier molecular flexibility index (Phi) is 3.16. The van der Waals surface area contributed by atoms with Crippen molar-refractivity contribution in [3.05, 3.63) is 66.2 Å². The second kappa shape index (κ2) is 5.13. The van der Waals surface area contributed by atoms with Crippen LogP contribution in [0.2, 0.25) is 0 Å². The number of benzene rings is 2. The van der Waals surface area contributed by atoms with Crippen LogP contribution in [0.3, 0.4) is 0 Å². The van der Waals surface area contributed by atoms with E-state index < -0.39 is 17.5 Å². The number of hydrazone groups is 1. The van der Waals surface area contributed by atoms with Gasteiger partial charge in [-0.2, -0.15) is 10.1 Å². The van der Waals surface area contributed by atoms with Crippen LogP contribution < -0.4 is 5.01 Å². The van der Waals surface area contributed by atoms with Gasteiger partial charge in [-0.15, -0.1) is 0 Å². The quantitative estimate of drug-likeness (QED) is 0.635. The Balaban J connectivity index is 1.98. The monoisotopic (exact) mass is 278 g/mol. The fourth-order valence-electron chi connectivity index (χ4n) is 2.01. The molecule has 0 atom stereocenters. The lowest BCUT2D eigenvalue weighted by atomic mass is 10.0. The van der Waals surface area contributed by atoms with Gasteiger partial charge in [-0.3, -0.25) is 14.4 Å². The molecule has 21 heavy (non-hydrogen) atoms. The lowest BCUT2D eigenvalue weighted by molar-refractivity contribution is -0.131. The maximum atomic E-state index is 12.2. The summed E-state index contributed by atoms with van der Waals surface area (Å²) in [5, 5.41) is 4.85. The number of para-hydroxylation sites is 1. The Morgan fingerprint density at radius 1 is 0.857 bits per heavy atom. The number of anilines is 1. The van der Waals surface area contributed by atoms with Gasteiger partial charge in [0.05, 0.1) is 5.69 Å². The van der Waals surface area contributed by atoms with E-state index in [1.165, 1.54) is 0 Å². The molecule has 3 rings (SSSR count). The van der Waals surface area contributed by atoms with Crippen LogP contribution in [0.25, 0.3) is 0 Å². The molecule has 0 saturated heterocycles. The molecular formula is C16H10N2O3. The first-order chi connectivity index (χ1) is 10.2. The zero-order chi connectivity index (χ0) is 14.8. The van der Waals surface area contributed by atoms with E-state index in [4.69, 9.17) is 0 Å². The van der Waals surface area contributed by atoms with Gasteiger partial charge in [-0.25, -0.2) is 0 Å². The predicted molar refractivity (Wildman–Crippen MR) is 77.1 cm³/mol. The molecule has 0 fully saturated rings. The van der Waals surface area contributed by atoms with Crippen molar-refractivity contribution in [2.75, 3.05) is 5.01 Å². The fourth-order valence-corrected chi connectivity index (χ4v) is 2.01. The van der Waals surface area contributed by atoms with Gasteiger partial charge in [0, 0.05) is 5.56 Å². The zero-order valence-corrected chi connectivity index (χ0v) is 10.9. The van der Waals surface area contributed by atoms with Crippen LogP contribution in [0.5, 0.6) is 0 Å². The molecule has 102 valence electrons. The smallest absolute Gasteiger partial charge is 0.287 e. The molecule has 1 amide bonds. The molecule has 2 aromatic carbocycles. The number of amides is 1. The number of carbonyl (C=O) groups excluding carboxylic acids is 3. The lowest BCUT2D eigenvalue weighted by Crippen LogP contribution is -2.29. The molecule has 0 saturated carbocycles. The van der Waals surface area contributed by atoms with E-state index in [1.54, 1.807) is 60.7 Å². The summed E-state index contributed by atoms with van der Waals surface area (Å²) in [4.78, 5) is 36.2. The van der Waals surface area contributed by atoms with Gasteiger partial charge in [0.1, 0.15) is 0 Å². The summed E-state index contributed by atoms with van der Waals surface area (Å²) in [6.45, 7) is 0. The highest BCUT2D eigenvalue weighted by Gasteiger charge is 2.38. The minimum atomic E-state index is -0.882. The van der Waals surface area contributed by atoms with E-state index in [0.717, 1.165) is 5.01 Å². The van der Waals surface area contributed by atoms with E-state index in [0.29, 0.717) is 11.3 Å². The van der Waals surface area contributed by atoms with Crippen molar-refractivity contribution >= 4 is 28.9 Å². The topological polar surface area (TPSA) is 66.8 Å². The molecule has 0 unspecified atom stereocenters. The molecule has 1 heterocycles. The van der Waals surface area contributed by atoms with E-state index in [1.807, 2.05) is 0 Å². The first-order valence-electron chi connectivity index (χ1n) is 6.30. The van der Waals surface area contributed by atoms with Crippen LogP contribution in [0, 0.1) is 0 Å². The number of hydrogen-bond acceptors (Lipinski definition) is 4. The minimum absolute atomic E-state index is 0.326. The Hall–Kier alpha value is -3.08. The summed E-state index contributed by atoms with van der Waals surface area (Å²) < 4.78 is 0. The molecular weight excluding hydrogens is 268 g/mol. The summed E-state index contributed by atoms with van der Waals surface area (Å²) >= 11 is 0. The molecule has 1 aliphatic rings. The zero-order valence-electron chi connectivity index (χ0n) is 10.9. The summed E-state index contributed by atoms with van der Waals surface area (Å²) in [6, 6.07) is 16.8. The molecule has 0 radical (unpaired) electrons. The molecule has 0 spiro atoms. The fraction of sp³-hybridized carbons (Fsp3) is 0. The van der Waals surface area contributed by atoms with Crippen LogP contribution >= 0.6 is 0 Å². The molecule has 2 aromatic rings. The van der Waals surface area contributed by atoms with Gasteiger partial charge in [0.15, 0.2) is 5.71 Å². The van der Waals surface area contributed by atoms with Gasteiger partial charge in [-0.1, -0.05) is 48.5 Å². The second-order valence-electron chi connectivity index (χ2n) is 4.43. The SMILES string of the molecule is O=C1C(=O)N(c2ccccc2)N=C1C(=O)c1ccccc1. The van der Waals surface area contributed by atoms with Crippen LogP contribution in [0.4, 0.5) is 5.69 Å². The third-order valence-corrected chi connectivity index (χ3v) is 3.05. The van der Waals surface area contributed by atoms with Gasteiger partial charge in [0.25, 0.3) is 5.78 Å². The predicted octanol–water partition coefficient (Wildman–Crippen LogP) is 1.84. The third-order valence-electron chi connectivity index (χ3n) is 3.05. The number of rotatable bonds is 3. The average molecular weight is 278 g/mol. The molecule has 1 aliphatic heterocycles. The normalized spacial score (nSPS) is 14.3. The van der Waals surface area contributed by atoms with Crippen LogP contribution in [-0.4, -0.2) is 23.2 Å². The molecule has 0 bridgehead atoms. The largest absolute Gasteiger partial charge is 0.321 e. The van der Waals surface area contributed by atoms with Crippen molar-refractivity contribution in [1.29, 1.82) is 0 Å². The number of hydrogen-bond donors (Lipinski definition) is 0.